The van der Waals surface area contributed by atoms with Crippen LogP contribution in [0.2, 0.25) is 0 Å². The van der Waals surface area contributed by atoms with Crippen LogP contribution in [0.5, 0.6) is 0 Å². The number of nitrogens with one attached hydrogen (secondary N) is 2. The van der Waals surface area contributed by atoms with E-state index in [2.05, 4.69) is 20.6 Å². The van der Waals surface area contributed by atoms with Crippen molar-refractivity contribution in [2.24, 2.45) is 4.99 Å². The zero-order valence-corrected chi connectivity index (χ0v) is 13.1. The standard InChI is InChI=1S/C16H16N4O2S/c21-13-3-1-2-10(13)18-16-19-12(15(22)20-16)6-9-4-5-11-14(7-9)23-8-17-11/h4-8,10,13,21H,1-3H2,(H2,18,19,20,22)/b12-6-/t10-,13+/m1/s1. The van der Waals surface area contributed by atoms with E-state index in [0.717, 1.165) is 35.0 Å². The van der Waals surface area contributed by atoms with Gasteiger partial charge in [-0.1, -0.05) is 6.07 Å². The number of aliphatic hydroxyl groups excluding tert-OH is 1. The summed E-state index contributed by atoms with van der Waals surface area (Å²) in [6.07, 6.45) is 3.97. The fraction of sp³-hybridized carbons (Fsp3) is 0.312. The molecule has 3 N–H and O–H groups in total. The molecule has 4 rings (SSSR count). The summed E-state index contributed by atoms with van der Waals surface area (Å²) in [6.45, 7) is 0. The quantitative estimate of drug-likeness (QED) is 0.731. The average Bonchev–Trinajstić information content (AvgIpc) is 3.22. The van der Waals surface area contributed by atoms with E-state index in [4.69, 9.17) is 0 Å². The molecule has 2 aliphatic rings. The van der Waals surface area contributed by atoms with Crippen molar-refractivity contribution < 1.29 is 9.90 Å². The predicted molar refractivity (Wildman–Crippen MR) is 90.0 cm³/mol. The smallest absolute Gasteiger partial charge is 0.274 e. The molecule has 2 fully saturated rings. The van der Waals surface area contributed by atoms with Crippen LogP contribution in [0.1, 0.15) is 24.8 Å². The molecule has 0 unspecified atom stereocenters. The van der Waals surface area contributed by atoms with Crippen molar-refractivity contribution in [3.8, 4) is 0 Å². The highest BCUT2D eigenvalue weighted by Crippen LogP contribution is 2.23. The maximum atomic E-state index is 12.1. The minimum absolute atomic E-state index is 0.134. The number of thiazole rings is 1. The lowest BCUT2D eigenvalue weighted by Gasteiger charge is -2.09. The number of benzene rings is 1. The molecule has 1 aromatic carbocycles. The summed E-state index contributed by atoms with van der Waals surface area (Å²) in [7, 11) is 0. The van der Waals surface area contributed by atoms with E-state index in [9.17, 15) is 9.90 Å². The van der Waals surface area contributed by atoms with Crippen LogP contribution in [0.3, 0.4) is 0 Å². The molecule has 2 atom stereocenters. The maximum absolute atomic E-state index is 12.1. The summed E-state index contributed by atoms with van der Waals surface area (Å²) < 4.78 is 1.08. The fourth-order valence-electron chi connectivity index (χ4n) is 2.92. The summed E-state index contributed by atoms with van der Waals surface area (Å²) in [4.78, 5) is 20.7. The number of aliphatic imine (C=N–C) groups is 1. The first-order chi connectivity index (χ1) is 11.2. The minimum Gasteiger partial charge on any atom is -0.391 e. The number of amides is 1. The SMILES string of the molecule is O=C1NC(=N[C@@H]2CCC[C@@H]2O)N/C1=C\c1ccc2ncsc2c1. The highest BCUT2D eigenvalue weighted by molar-refractivity contribution is 7.16. The van der Waals surface area contributed by atoms with E-state index >= 15 is 0 Å². The Morgan fingerprint density at radius 2 is 2.26 bits per heavy atom. The number of guanidine groups is 1. The second-order valence-corrected chi connectivity index (χ2v) is 6.65. The Kier molecular flexibility index (Phi) is 3.59. The summed E-state index contributed by atoms with van der Waals surface area (Å²) in [5, 5.41) is 15.5. The first kappa shape index (κ1) is 14.3. The molecular formula is C16H16N4O2S. The van der Waals surface area contributed by atoms with E-state index in [1.807, 2.05) is 18.2 Å². The number of hydrogen-bond acceptors (Lipinski definition) is 5. The summed E-state index contributed by atoms with van der Waals surface area (Å²) >= 11 is 1.57. The third kappa shape index (κ3) is 2.85. The van der Waals surface area contributed by atoms with E-state index in [-0.39, 0.29) is 11.9 Å². The summed E-state index contributed by atoms with van der Waals surface area (Å²) in [6, 6.07) is 5.74. The van der Waals surface area contributed by atoms with E-state index < -0.39 is 6.10 Å². The van der Waals surface area contributed by atoms with Gasteiger partial charge in [0.15, 0.2) is 0 Å². The molecule has 1 amide bonds. The molecule has 23 heavy (non-hydrogen) atoms. The van der Waals surface area contributed by atoms with Crippen molar-refractivity contribution in [3.63, 3.8) is 0 Å². The molecule has 2 heterocycles. The monoisotopic (exact) mass is 328 g/mol. The maximum Gasteiger partial charge on any atom is 0.274 e. The summed E-state index contributed by atoms with van der Waals surface area (Å²) in [5.74, 6) is 0.215. The minimum atomic E-state index is -0.414. The zero-order chi connectivity index (χ0) is 15.8. The average molecular weight is 328 g/mol. The van der Waals surface area contributed by atoms with Crippen molar-refractivity contribution >= 4 is 39.5 Å². The van der Waals surface area contributed by atoms with Gasteiger partial charge in [-0.05, 0) is 43.0 Å². The topological polar surface area (TPSA) is 86.6 Å². The number of carbonyl (C=O) groups is 1. The Morgan fingerprint density at radius 1 is 1.35 bits per heavy atom. The van der Waals surface area contributed by atoms with Gasteiger partial charge in [-0.15, -0.1) is 11.3 Å². The van der Waals surface area contributed by atoms with Crippen LogP contribution in [0.25, 0.3) is 16.3 Å². The van der Waals surface area contributed by atoms with Crippen LogP contribution >= 0.6 is 11.3 Å². The molecule has 0 spiro atoms. The van der Waals surface area contributed by atoms with Crippen LogP contribution < -0.4 is 10.6 Å². The number of aliphatic hydroxyl groups is 1. The predicted octanol–water partition coefficient (Wildman–Crippen LogP) is 1.63. The lowest BCUT2D eigenvalue weighted by molar-refractivity contribution is -0.115. The molecule has 2 aromatic rings. The number of hydrogen-bond donors (Lipinski definition) is 3. The molecule has 0 bridgehead atoms. The fourth-order valence-corrected chi connectivity index (χ4v) is 3.65. The molecule has 6 nitrogen and oxygen atoms in total. The molecule has 1 aliphatic carbocycles. The largest absolute Gasteiger partial charge is 0.391 e. The lowest BCUT2D eigenvalue weighted by Crippen LogP contribution is -2.29. The van der Waals surface area contributed by atoms with Gasteiger partial charge in [0, 0.05) is 0 Å². The highest BCUT2D eigenvalue weighted by Gasteiger charge is 2.28. The van der Waals surface area contributed by atoms with Gasteiger partial charge in [-0.25, -0.2) is 9.98 Å². The zero-order valence-electron chi connectivity index (χ0n) is 12.3. The van der Waals surface area contributed by atoms with Gasteiger partial charge in [0.05, 0.1) is 27.9 Å². The molecule has 118 valence electrons. The third-order valence-electron chi connectivity index (χ3n) is 4.13. The number of rotatable bonds is 2. The van der Waals surface area contributed by atoms with Crippen LogP contribution in [0.4, 0.5) is 0 Å². The van der Waals surface area contributed by atoms with Gasteiger partial charge < -0.3 is 10.4 Å². The van der Waals surface area contributed by atoms with Crippen molar-refractivity contribution in [1.82, 2.24) is 15.6 Å². The molecule has 1 saturated carbocycles. The Labute approximate surface area is 137 Å². The number of nitrogens with zero attached hydrogens (tertiary/aromatic N) is 2. The van der Waals surface area contributed by atoms with Gasteiger partial charge in [-0.3, -0.25) is 10.1 Å². The van der Waals surface area contributed by atoms with Gasteiger partial charge in [0.25, 0.3) is 5.91 Å². The third-order valence-corrected chi connectivity index (χ3v) is 4.93. The Hall–Kier alpha value is -2.25. The first-order valence-corrected chi connectivity index (χ1v) is 8.46. The van der Waals surface area contributed by atoms with Crippen LogP contribution in [-0.2, 0) is 4.79 Å². The second-order valence-electron chi connectivity index (χ2n) is 5.76. The molecule has 1 saturated heterocycles. The molecule has 0 radical (unpaired) electrons. The van der Waals surface area contributed by atoms with Crippen molar-refractivity contribution in [1.29, 1.82) is 0 Å². The van der Waals surface area contributed by atoms with Crippen molar-refractivity contribution in [2.75, 3.05) is 0 Å². The Balaban J connectivity index is 1.56. The Bertz CT molecular complexity index is 826. The van der Waals surface area contributed by atoms with Crippen LogP contribution in [0, 0.1) is 0 Å². The Morgan fingerprint density at radius 3 is 3.09 bits per heavy atom. The highest BCUT2D eigenvalue weighted by atomic mass is 32.1. The first-order valence-electron chi connectivity index (χ1n) is 7.58. The normalized spacial score (nSPS) is 27.8. The summed E-state index contributed by atoms with van der Waals surface area (Å²) in [5.41, 5.74) is 4.15. The van der Waals surface area contributed by atoms with Gasteiger partial charge in [0.2, 0.25) is 5.96 Å². The second kappa shape index (κ2) is 5.75. The van der Waals surface area contributed by atoms with Gasteiger partial charge >= 0.3 is 0 Å². The van der Waals surface area contributed by atoms with E-state index in [0.29, 0.717) is 11.7 Å². The molecule has 1 aromatic heterocycles. The van der Waals surface area contributed by atoms with E-state index in [1.165, 1.54) is 0 Å². The molecule has 7 heteroatoms. The lowest BCUT2D eigenvalue weighted by atomic mass is 10.2. The van der Waals surface area contributed by atoms with Gasteiger partial charge in [0.1, 0.15) is 5.70 Å². The number of aromatic nitrogens is 1. The van der Waals surface area contributed by atoms with Crippen molar-refractivity contribution in [2.45, 2.75) is 31.4 Å². The molecule has 1 aliphatic heterocycles. The molecular weight excluding hydrogens is 312 g/mol. The number of carbonyl (C=O) groups excluding carboxylic acids is 1. The van der Waals surface area contributed by atoms with Crippen LogP contribution in [0.15, 0.2) is 34.4 Å². The van der Waals surface area contributed by atoms with Crippen LogP contribution in [-0.4, -0.2) is 34.1 Å². The van der Waals surface area contributed by atoms with Crippen molar-refractivity contribution in [3.05, 3.63) is 35.0 Å². The van der Waals surface area contributed by atoms with Gasteiger partial charge in [-0.2, -0.15) is 0 Å². The van der Waals surface area contributed by atoms with E-state index in [1.54, 1.807) is 22.9 Å². The number of fused-ring (bicyclic) bond motifs is 1.